The van der Waals surface area contributed by atoms with Crippen molar-refractivity contribution in [1.82, 2.24) is 19.9 Å². The highest BCUT2D eigenvalue weighted by Crippen LogP contribution is 2.21. The van der Waals surface area contributed by atoms with Crippen LogP contribution in [0.15, 0.2) is 47.5 Å². The first-order valence-corrected chi connectivity index (χ1v) is 9.04. The van der Waals surface area contributed by atoms with E-state index < -0.39 is 0 Å². The number of hydrogen-bond acceptors (Lipinski definition) is 4. The largest absolute Gasteiger partial charge is 0.306 e. The first-order valence-electron chi connectivity index (χ1n) is 8.28. The topological polar surface area (TPSA) is 61.9 Å². The minimum Gasteiger partial charge on any atom is -0.306 e. The van der Waals surface area contributed by atoms with E-state index in [9.17, 15) is 4.79 Å². The summed E-state index contributed by atoms with van der Waals surface area (Å²) in [6.45, 7) is 2.09. The Hall–Kier alpha value is -2.21. The van der Waals surface area contributed by atoms with Crippen LogP contribution >= 0.6 is 23.2 Å². The van der Waals surface area contributed by atoms with Crippen molar-refractivity contribution >= 4 is 23.2 Å². The Balaban J connectivity index is 1.58. The van der Waals surface area contributed by atoms with Crippen molar-refractivity contribution < 1.29 is 0 Å². The van der Waals surface area contributed by atoms with Gasteiger partial charge in [-0.1, -0.05) is 23.2 Å². The molecule has 2 aromatic heterocycles. The van der Waals surface area contributed by atoms with Gasteiger partial charge in [0.25, 0.3) is 5.56 Å². The van der Waals surface area contributed by atoms with Crippen molar-refractivity contribution in [3.8, 4) is 11.4 Å². The van der Waals surface area contributed by atoms with Gasteiger partial charge in [0.2, 0.25) is 0 Å². The number of aromatic nitrogens is 3. The third-order valence-electron chi connectivity index (χ3n) is 4.43. The summed E-state index contributed by atoms with van der Waals surface area (Å²) >= 11 is 11.9. The fraction of sp³-hybridized carbons (Fsp3) is 0.211. The molecule has 3 aromatic rings. The van der Waals surface area contributed by atoms with Crippen molar-refractivity contribution in [2.24, 2.45) is 0 Å². The number of nitrogens with one attached hydrogen (secondary N) is 1. The van der Waals surface area contributed by atoms with Gasteiger partial charge in [0.15, 0.2) is 0 Å². The molecule has 0 saturated carbocycles. The highest BCUT2D eigenvalue weighted by Gasteiger charge is 2.21. The molecule has 3 heterocycles. The third-order valence-corrected chi connectivity index (χ3v) is 4.89. The van der Waals surface area contributed by atoms with Crippen molar-refractivity contribution in [3.63, 3.8) is 0 Å². The predicted molar refractivity (Wildman–Crippen MR) is 102 cm³/mol. The van der Waals surface area contributed by atoms with Gasteiger partial charge >= 0.3 is 0 Å². The van der Waals surface area contributed by atoms with Gasteiger partial charge in [0.05, 0.1) is 16.3 Å². The smallest absolute Gasteiger partial charge is 0.255 e. The average Bonchev–Trinajstić information content (AvgIpc) is 2.63. The summed E-state index contributed by atoms with van der Waals surface area (Å²) in [5, 5.41) is 1.27. The monoisotopic (exact) mass is 386 g/mol. The lowest BCUT2D eigenvalue weighted by atomic mass is 10.1. The number of halogens is 2. The molecule has 5 nitrogen and oxygen atoms in total. The SMILES string of the molecule is O=c1[nH]c(-c2ccc(Cl)cc2)nc2c1CN(Cc1cncc(Cl)c1)CC2. The third kappa shape index (κ3) is 3.65. The Kier molecular flexibility index (Phi) is 4.76. The predicted octanol–water partition coefficient (Wildman–Crippen LogP) is 3.70. The van der Waals surface area contributed by atoms with E-state index in [1.54, 1.807) is 24.5 Å². The molecule has 0 fully saturated rings. The van der Waals surface area contributed by atoms with Crippen molar-refractivity contribution in [2.75, 3.05) is 6.54 Å². The van der Waals surface area contributed by atoms with E-state index in [4.69, 9.17) is 23.2 Å². The molecule has 1 aromatic carbocycles. The van der Waals surface area contributed by atoms with Gasteiger partial charge in [-0.2, -0.15) is 0 Å². The molecule has 0 atom stereocenters. The summed E-state index contributed by atoms with van der Waals surface area (Å²) in [5.41, 5.74) is 3.38. The highest BCUT2D eigenvalue weighted by atomic mass is 35.5. The van der Waals surface area contributed by atoms with Gasteiger partial charge in [0, 0.05) is 49.0 Å². The van der Waals surface area contributed by atoms with Crippen LogP contribution in [-0.4, -0.2) is 26.4 Å². The molecule has 1 aliphatic rings. The summed E-state index contributed by atoms with van der Waals surface area (Å²) in [6, 6.07) is 9.19. The van der Waals surface area contributed by atoms with E-state index in [2.05, 4.69) is 19.9 Å². The van der Waals surface area contributed by atoms with Crippen LogP contribution in [0.4, 0.5) is 0 Å². The number of pyridine rings is 1. The zero-order valence-corrected chi connectivity index (χ0v) is 15.4. The van der Waals surface area contributed by atoms with Gasteiger partial charge in [-0.25, -0.2) is 4.98 Å². The van der Waals surface area contributed by atoms with E-state index in [0.29, 0.717) is 29.0 Å². The summed E-state index contributed by atoms with van der Waals surface area (Å²) in [5.74, 6) is 0.581. The summed E-state index contributed by atoms with van der Waals surface area (Å²) in [7, 11) is 0. The van der Waals surface area contributed by atoms with Crippen LogP contribution in [0.3, 0.4) is 0 Å². The normalized spacial score (nSPS) is 14.2. The van der Waals surface area contributed by atoms with Crippen LogP contribution in [0.1, 0.15) is 16.8 Å². The Morgan fingerprint density at radius 1 is 1.12 bits per heavy atom. The van der Waals surface area contributed by atoms with Crippen LogP contribution in [0.2, 0.25) is 10.0 Å². The number of H-pyrrole nitrogens is 1. The summed E-state index contributed by atoms with van der Waals surface area (Å²) < 4.78 is 0. The molecule has 132 valence electrons. The van der Waals surface area contributed by atoms with Gasteiger partial charge in [-0.15, -0.1) is 0 Å². The number of hydrogen-bond donors (Lipinski definition) is 1. The Labute approximate surface area is 160 Å². The molecule has 1 N–H and O–H groups in total. The van der Waals surface area contributed by atoms with Crippen LogP contribution in [0, 0.1) is 0 Å². The minimum absolute atomic E-state index is 0.0890. The molecule has 7 heteroatoms. The first-order chi connectivity index (χ1) is 12.6. The van der Waals surface area contributed by atoms with Gasteiger partial charge < -0.3 is 4.98 Å². The Bertz CT molecular complexity index is 1000. The summed E-state index contributed by atoms with van der Waals surface area (Å²) in [6.07, 6.45) is 4.14. The maximum absolute atomic E-state index is 12.6. The second-order valence-electron chi connectivity index (χ2n) is 6.32. The standard InChI is InChI=1S/C19H16Cl2N4O/c20-14-3-1-13(2-4-14)18-23-17-5-6-25(11-16(17)19(26)24-18)10-12-7-15(21)9-22-8-12/h1-4,7-9H,5-6,10-11H2,(H,23,24,26). The number of nitrogens with zero attached hydrogens (tertiary/aromatic N) is 3. The van der Waals surface area contributed by atoms with Crippen LogP contribution in [0.5, 0.6) is 0 Å². The van der Waals surface area contributed by atoms with Crippen molar-refractivity contribution in [2.45, 2.75) is 19.5 Å². The zero-order chi connectivity index (χ0) is 18.1. The molecule has 0 unspecified atom stereocenters. The number of benzene rings is 1. The van der Waals surface area contributed by atoms with E-state index in [1.807, 2.05) is 18.2 Å². The Morgan fingerprint density at radius 3 is 2.69 bits per heavy atom. The fourth-order valence-corrected chi connectivity index (χ4v) is 3.48. The van der Waals surface area contributed by atoms with Crippen molar-refractivity contribution in [1.29, 1.82) is 0 Å². The molecular weight excluding hydrogens is 371 g/mol. The van der Waals surface area contributed by atoms with Gasteiger partial charge in [0.1, 0.15) is 5.82 Å². The molecule has 1 aliphatic heterocycles. The lowest BCUT2D eigenvalue weighted by Gasteiger charge is -2.27. The quantitative estimate of drug-likeness (QED) is 0.745. The van der Waals surface area contributed by atoms with Crippen molar-refractivity contribution in [3.05, 3.63) is 79.9 Å². The van der Waals surface area contributed by atoms with Crippen LogP contribution in [-0.2, 0) is 19.5 Å². The molecule has 0 amide bonds. The van der Waals surface area contributed by atoms with Gasteiger partial charge in [-0.05, 0) is 35.9 Å². The molecule has 26 heavy (non-hydrogen) atoms. The minimum atomic E-state index is -0.0890. The van der Waals surface area contributed by atoms with Gasteiger partial charge in [-0.3, -0.25) is 14.7 Å². The molecule has 4 rings (SSSR count). The van der Waals surface area contributed by atoms with Crippen LogP contribution in [0.25, 0.3) is 11.4 Å². The van der Waals surface area contributed by atoms with E-state index in [1.165, 1.54) is 0 Å². The molecular formula is C19H16Cl2N4O. The van der Waals surface area contributed by atoms with E-state index in [0.717, 1.165) is 35.3 Å². The molecule has 0 radical (unpaired) electrons. The second kappa shape index (κ2) is 7.19. The fourth-order valence-electron chi connectivity index (χ4n) is 3.16. The number of fused-ring (bicyclic) bond motifs is 1. The average molecular weight is 387 g/mol. The van der Waals surface area contributed by atoms with E-state index >= 15 is 0 Å². The zero-order valence-electron chi connectivity index (χ0n) is 13.9. The molecule has 0 aliphatic carbocycles. The highest BCUT2D eigenvalue weighted by molar-refractivity contribution is 6.30. The Morgan fingerprint density at radius 2 is 1.92 bits per heavy atom. The second-order valence-corrected chi connectivity index (χ2v) is 7.19. The molecule has 0 spiro atoms. The summed E-state index contributed by atoms with van der Waals surface area (Å²) in [4.78, 5) is 26.5. The number of rotatable bonds is 3. The maximum atomic E-state index is 12.6. The number of aromatic amines is 1. The maximum Gasteiger partial charge on any atom is 0.255 e. The van der Waals surface area contributed by atoms with E-state index in [-0.39, 0.29) is 5.56 Å². The molecule has 0 saturated heterocycles. The lowest BCUT2D eigenvalue weighted by molar-refractivity contribution is 0.241. The first kappa shape index (κ1) is 17.2. The lowest BCUT2D eigenvalue weighted by Crippen LogP contribution is -2.35. The van der Waals surface area contributed by atoms with Crippen LogP contribution < -0.4 is 5.56 Å². The molecule has 0 bridgehead atoms.